The summed E-state index contributed by atoms with van der Waals surface area (Å²) in [6.45, 7) is 5.46. The van der Waals surface area contributed by atoms with Gasteiger partial charge in [0.15, 0.2) is 0 Å². The average Bonchev–Trinajstić information content (AvgIpc) is 3.00. The van der Waals surface area contributed by atoms with E-state index >= 15 is 0 Å². The smallest absolute Gasteiger partial charge is 0.117 e. The van der Waals surface area contributed by atoms with Crippen LogP contribution in [0.3, 0.4) is 0 Å². The van der Waals surface area contributed by atoms with Crippen molar-refractivity contribution in [2.75, 3.05) is 13.7 Å². The van der Waals surface area contributed by atoms with Gasteiger partial charge in [-0.3, -0.25) is 0 Å². The summed E-state index contributed by atoms with van der Waals surface area (Å²) in [5.41, 5.74) is 0.430. The second-order valence-electron chi connectivity index (χ2n) is 4.64. The van der Waals surface area contributed by atoms with Gasteiger partial charge in [0.25, 0.3) is 0 Å². The molecule has 3 heteroatoms. The predicted octanol–water partition coefficient (Wildman–Crippen LogP) is 1.55. The Morgan fingerprint density at radius 3 is 2.53 bits per heavy atom. The molecular weight excluding hydrogens is 204 g/mol. The van der Waals surface area contributed by atoms with Crippen molar-refractivity contribution in [2.45, 2.75) is 24.9 Å². The van der Waals surface area contributed by atoms with Gasteiger partial charge >= 0.3 is 0 Å². The maximum absolute atomic E-state index is 5.71. The number of benzene rings is 1. The van der Waals surface area contributed by atoms with Crippen LogP contribution in [-0.4, -0.2) is 33.6 Å². The molecule has 2 rings (SSSR count). The Morgan fingerprint density at radius 2 is 1.93 bits per heavy atom. The molecule has 0 saturated carbocycles. The summed E-state index contributed by atoms with van der Waals surface area (Å²) < 4.78 is 10.8. The van der Waals surface area contributed by atoms with Crippen LogP contribution in [0.4, 0.5) is 0 Å². The fourth-order valence-electron chi connectivity index (χ4n) is 2.10. The van der Waals surface area contributed by atoms with Crippen LogP contribution in [0.2, 0.25) is 13.1 Å². The monoisotopic (exact) mass is 222 g/mol. The van der Waals surface area contributed by atoms with E-state index in [1.807, 2.05) is 0 Å². The van der Waals surface area contributed by atoms with E-state index in [9.17, 15) is 0 Å². The molecule has 1 fully saturated rings. The van der Waals surface area contributed by atoms with Crippen LogP contribution in [0, 0.1) is 0 Å². The van der Waals surface area contributed by atoms with Crippen LogP contribution < -0.4 is 5.19 Å². The van der Waals surface area contributed by atoms with Gasteiger partial charge in [-0.05, 0) is 0 Å². The molecule has 1 aliphatic heterocycles. The van der Waals surface area contributed by atoms with E-state index in [1.165, 1.54) is 5.19 Å². The minimum absolute atomic E-state index is 0.330. The molecule has 0 bridgehead atoms. The molecule has 0 amide bonds. The molecule has 0 spiro atoms. The molecule has 2 nitrogen and oxygen atoms in total. The molecule has 0 N–H and O–H groups in total. The van der Waals surface area contributed by atoms with Crippen LogP contribution in [-0.2, 0) is 9.47 Å². The topological polar surface area (TPSA) is 21.8 Å². The van der Waals surface area contributed by atoms with Gasteiger partial charge < -0.3 is 9.47 Å². The third-order valence-corrected chi connectivity index (χ3v) is 6.89. The normalized spacial score (nSPS) is 25.3. The number of methoxy groups -OCH3 is 1. The Labute approximate surface area is 92.2 Å². The van der Waals surface area contributed by atoms with Gasteiger partial charge in [0, 0.05) is 7.11 Å². The average molecular weight is 222 g/mol. The lowest BCUT2D eigenvalue weighted by molar-refractivity contribution is 0.171. The molecule has 0 aromatic heterocycles. The molecule has 1 aliphatic rings. The summed E-state index contributed by atoms with van der Waals surface area (Å²) in [7, 11) is 0.284. The molecular formula is C12H18O2Si. The lowest BCUT2D eigenvalue weighted by Crippen LogP contribution is -2.48. The van der Waals surface area contributed by atoms with Gasteiger partial charge in [-0.15, -0.1) is 0 Å². The Kier molecular flexibility index (Phi) is 2.95. The second-order valence-corrected chi connectivity index (χ2v) is 9.23. The van der Waals surface area contributed by atoms with Crippen LogP contribution in [0.15, 0.2) is 30.3 Å². The van der Waals surface area contributed by atoms with Crippen LogP contribution >= 0.6 is 0 Å². The van der Waals surface area contributed by atoms with Gasteiger partial charge in [0.2, 0.25) is 0 Å². The highest BCUT2D eigenvalue weighted by Crippen LogP contribution is 2.31. The zero-order chi connectivity index (χ0) is 10.9. The summed E-state index contributed by atoms with van der Waals surface area (Å²) in [5, 5.41) is 1.47. The molecule has 15 heavy (non-hydrogen) atoms. The molecule has 2 atom stereocenters. The minimum atomic E-state index is -1.45. The Hall–Kier alpha value is -0.643. The molecule has 1 aromatic rings. The highest BCUT2D eigenvalue weighted by molar-refractivity contribution is 6.91. The first-order valence-electron chi connectivity index (χ1n) is 5.36. The fourth-order valence-corrected chi connectivity index (χ4v) is 5.02. The van der Waals surface area contributed by atoms with Crippen molar-refractivity contribution in [3.8, 4) is 0 Å². The van der Waals surface area contributed by atoms with Gasteiger partial charge in [-0.2, -0.15) is 0 Å². The van der Waals surface area contributed by atoms with Gasteiger partial charge in [0.05, 0.1) is 12.3 Å². The minimum Gasteiger partial charge on any atom is -0.382 e. The van der Waals surface area contributed by atoms with Gasteiger partial charge in [-0.25, -0.2) is 0 Å². The Morgan fingerprint density at radius 1 is 1.27 bits per heavy atom. The highest BCUT2D eigenvalue weighted by Gasteiger charge is 2.51. The first kappa shape index (κ1) is 10.9. The van der Waals surface area contributed by atoms with E-state index in [2.05, 4.69) is 43.4 Å². The van der Waals surface area contributed by atoms with Crippen molar-refractivity contribution in [3.63, 3.8) is 0 Å². The van der Waals surface area contributed by atoms with E-state index in [0.29, 0.717) is 11.8 Å². The summed E-state index contributed by atoms with van der Waals surface area (Å²) in [5.74, 6) is 0. The molecule has 0 radical (unpaired) electrons. The molecule has 1 aromatic carbocycles. The first-order valence-corrected chi connectivity index (χ1v) is 8.44. The second kappa shape index (κ2) is 4.08. The van der Waals surface area contributed by atoms with Crippen LogP contribution in [0.5, 0.6) is 0 Å². The summed E-state index contributed by atoms with van der Waals surface area (Å²) in [6, 6.07) is 10.7. The lowest BCUT2D eigenvalue weighted by Gasteiger charge is -2.20. The van der Waals surface area contributed by atoms with Crippen molar-refractivity contribution in [1.82, 2.24) is 0 Å². The molecule has 1 saturated heterocycles. The number of rotatable bonds is 4. The van der Waals surface area contributed by atoms with Crippen LogP contribution in [0.1, 0.15) is 0 Å². The zero-order valence-corrected chi connectivity index (χ0v) is 10.6. The van der Waals surface area contributed by atoms with Gasteiger partial charge in [0.1, 0.15) is 14.2 Å². The van der Waals surface area contributed by atoms with Crippen molar-refractivity contribution < 1.29 is 9.47 Å². The Bertz CT molecular complexity index is 324. The molecule has 1 heterocycles. The van der Waals surface area contributed by atoms with Crippen LogP contribution in [0.25, 0.3) is 0 Å². The van der Waals surface area contributed by atoms with E-state index in [0.717, 1.165) is 6.61 Å². The number of epoxide rings is 1. The van der Waals surface area contributed by atoms with Crippen molar-refractivity contribution in [1.29, 1.82) is 0 Å². The zero-order valence-electron chi connectivity index (χ0n) is 9.57. The van der Waals surface area contributed by atoms with Crippen molar-refractivity contribution >= 4 is 13.3 Å². The third-order valence-electron chi connectivity index (χ3n) is 3.14. The molecule has 0 aliphatic carbocycles. The standard InChI is InChI=1S/C12H18O2Si/c1-13-9-11-12(14-11)15(2,3)10-7-5-4-6-8-10/h4-8,11-12H,9H2,1-3H3/t11-,12+/m0/s1. The van der Waals surface area contributed by atoms with E-state index in [-0.39, 0.29) is 0 Å². The predicted molar refractivity (Wildman–Crippen MR) is 64.1 cm³/mol. The Balaban J connectivity index is 2.09. The van der Waals surface area contributed by atoms with Crippen molar-refractivity contribution in [3.05, 3.63) is 30.3 Å². The maximum atomic E-state index is 5.71. The van der Waals surface area contributed by atoms with E-state index < -0.39 is 8.07 Å². The number of ether oxygens (including phenoxy) is 2. The lowest BCUT2D eigenvalue weighted by atomic mass is 10.4. The van der Waals surface area contributed by atoms with E-state index in [1.54, 1.807) is 7.11 Å². The van der Waals surface area contributed by atoms with E-state index in [4.69, 9.17) is 9.47 Å². The maximum Gasteiger partial charge on any atom is 0.117 e. The molecule has 82 valence electrons. The first-order chi connectivity index (χ1) is 7.16. The summed E-state index contributed by atoms with van der Waals surface area (Å²) in [6.07, 6.45) is 0.330. The fraction of sp³-hybridized carbons (Fsp3) is 0.500. The van der Waals surface area contributed by atoms with Gasteiger partial charge in [-0.1, -0.05) is 48.6 Å². The SMILES string of the molecule is COC[C@@H]1O[C@@H]1[Si](C)(C)c1ccccc1. The quantitative estimate of drug-likeness (QED) is 0.569. The van der Waals surface area contributed by atoms with Crippen molar-refractivity contribution in [2.24, 2.45) is 0 Å². The largest absolute Gasteiger partial charge is 0.382 e. The molecule has 0 unspecified atom stereocenters. The third kappa shape index (κ3) is 2.14. The number of hydrogen-bond donors (Lipinski definition) is 0. The number of hydrogen-bond acceptors (Lipinski definition) is 2. The summed E-state index contributed by atoms with van der Waals surface area (Å²) >= 11 is 0. The summed E-state index contributed by atoms with van der Waals surface area (Å²) in [4.78, 5) is 0. The highest BCUT2D eigenvalue weighted by atomic mass is 28.3.